The summed E-state index contributed by atoms with van der Waals surface area (Å²) in [4.78, 5) is 4.57. The quantitative estimate of drug-likeness (QED) is 0.131. The van der Waals surface area contributed by atoms with Crippen molar-refractivity contribution in [2.45, 2.75) is 38.5 Å². The summed E-state index contributed by atoms with van der Waals surface area (Å²) < 4.78 is 30.3. The molecule has 13 aromatic rings. The highest BCUT2D eigenvalue weighted by Gasteiger charge is 2.50. The van der Waals surface area contributed by atoms with Gasteiger partial charge in [0.15, 0.2) is 0 Å². The van der Waals surface area contributed by atoms with E-state index in [1.807, 2.05) is 12.1 Å². The van der Waals surface area contributed by atoms with Gasteiger partial charge in [0.2, 0.25) is 0 Å². The highest BCUT2D eigenvalue weighted by molar-refractivity contribution is 7.01. The van der Waals surface area contributed by atoms with Crippen molar-refractivity contribution in [1.82, 2.24) is 0 Å². The number of anilines is 10. The minimum absolute atomic E-state index is 0.297. The molecule has 0 saturated carbocycles. The van der Waals surface area contributed by atoms with Gasteiger partial charge in [-0.1, -0.05) is 179 Å². The van der Waals surface area contributed by atoms with Crippen molar-refractivity contribution in [3.05, 3.63) is 301 Å². The van der Waals surface area contributed by atoms with Gasteiger partial charge in [0.1, 0.15) is 46.0 Å². The second-order valence-corrected chi connectivity index (χ2v) is 26.5. The van der Waals surface area contributed by atoms with E-state index < -0.39 is 0 Å². The fraction of sp³-hybridized carbons (Fsp3) is 0.0714. The van der Waals surface area contributed by atoms with E-state index in [2.05, 4.69) is 315 Å². The van der Waals surface area contributed by atoms with Crippen LogP contribution in [0.25, 0.3) is 22.3 Å². The number of nitrogens with one attached hydrogen (secondary N) is 2. The standard InChI is InChI=1S/C84H60B2N4O4/c1-83(2)63-39-41-67-81(77(63)61-37-35-53(43-65(61)83)87-51-23-11-5-12-24-51)93-75-47-59(89(55-27-15-7-16-28-55)56-29-17-8-18-30-56)45-73-79(75)85(67)69-49-70-72(50-71(69)91-73)92-74-46-60(90(57-31-19-9-20-32-57)58-33-21-10-22-34-58)48-76-80(74)86(70)68-42-40-64-78(82(68)94-76)62-38-36-54(44-66(62)84(64,3)4)88-52-25-13-6-14-26-52/h5-50,87-88H,1-4H3. The van der Waals surface area contributed by atoms with E-state index in [0.717, 1.165) is 158 Å². The molecule has 0 fully saturated rings. The molecule has 94 heavy (non-hydrogen) atoms. The molecule has 0 spiro atoms. The topological polar surface area (TPSA) is 67.5 Å². The Morgan fingerprint density at radius 1 is 0.277 bits per heavy atom. The van der Waals surface area contributed by atoms with Gasteiger partial charge in [0.05, 0.1) is 11.4 Å². The number of fused-ring (bicyclic) bond motifs is 16. The van der Waals surface area contributed by atoms with Crippen LogP contribution in [0.2, 0.25) is 0 Å². The predicted octanol–water partition coefficient (Wildman–Crippen LogP) is 18.2. The SMILES string of the molecule is CC1(C)c2cc(Nc3ccccc3)ccc2-c2c1ccc1c2Oc2cc(N(c3ccccc3)c3ccccc3)cc3c2B1c1cc2c(cc1O3)Oc1cc(N(c3ccccc3)c3ccccc3)cc3c1B2c1ccc2c(c1O3)-c1ccc(Nc3ccccc3)cc1C2(C)C. The largest absolute Gasteiger partial charge is 0.458 e. The van der Waals surface area contributed by atoms with E-state index in [9.17, 15) is 0 Å². The van der Waals surface area contributed by atoms with Crippen LogP contribution in [0, 0.1) is 0 Å². The Bertz CT molecular complexity index is 4880. The van der Waals surface area contributed by atoms with Gasteiger partial charge in [0, 0.05) is 109 Å². The molecule has 8 nitrogen and oxygen atoms in total. The molecule has 446 valence electrons. The lowest BCUT2D eigenvalue weighted by atomic mass is 9.31. The van der Waals surface area contributed by atoms with Crippen molar-refractivity contribution in [2.24, 2.45) is 0 Å². The van der Waals surface area contributed by atoms with Crippen molar-refractivity contribution in [1.29, 1.82) is 0 Å². The molecule has 0 atom stereocenters. The normalized spacial score (nSPS) is 14.2. The van der Waals surface area contributed by atoms with Crippen molar-refractivity contribution < 1.29 is 18.9 Å². The molecule has 13 aromatic carbocycles. The second-order valence-electron chi connectivity index (χ2n) is 26.5. The van der Waals surface area contributed by atoms with Crippen molar-refractivity contribution >= 4 is 103 Å². The molecule has 0 radical (unpaired) electrons. The molecule has 0 unspecified atom stereocenters. The maximum absolute atomic E-state index is 7.64. The monoisotopic (exact) mass is 1210 g/mol. The third-order valence-electron chi connectivity index (χ3n) is 20.4. The highest BCUT2D eigenvalue weighted by atomic mass is 16.5. The summed E-state index contributed by atoms with van der Waals surface area (Å²) in [6.45, 7) is 8.77. The van der Waals surface area contributed by atoms with Gasteiger partial charge in [-0.25, -0.2) is 0 Å². The summed E-state index contributed by atoms with van der Waals surface area (Å²) in [6.07, 6.45) is 0. The number of ether oxygens (including phenoxy) is 4. The minimum atomic E-state index is -0.343. The zero-order valence-electron chi connectivity index (χ0n) is 52.2. The van der Waals surface area contributed by atoms with Crippen LogP contribution >= 0.6 is 0 Å². The molecule has 0 amide bonds. The van der Waals surface area contributed by atoms with E-state index in [-0.39, 0.29) is 24.3 Å². The van der Waals surface area contributed by atoms with Crippen molar-refractivity contribution in [3.63, 3.8) is 0 Å². The molecule has 2 N–H and O–H groups in total. The first-order chi connectivity index (χ1) is 46.1. The number of benzene rings is 13. The molecular weight excluding hydrogens is 1150 g/mol. The number of nitrogens with zero attached hydrogens (tertiary/aromatic N) is 2. The Morgan fingerprint density at radius 3 is 0.979 bits per heavy atom. The zero-order valence-corrected chi connectivity index (χ0v) is 52.2. The van der Waals surface area contributed by atoms with Crippen LogP contribution in [0.1, 0.15) is 49.9 Å². The smallest absolute Gasteiger partial charge is 0.260 e. The average molecular weight is 1210 g/mol. The summed E-state index contributed by atoms with van der Waals surface area (Å²) in [5.41, 5.74) is 25.0. The lowest BCUT2D eigenvalue weighted by Crippen LogP contribution is -2.61. The lowest BCUT2D eigenvalue weighted by molar-refractivity contribution is 0.452. The van der Waals surface area contributed by atoms with Gasteiger partial charge in [-0.3, -0.25) is 0 Å². The van der Waals surface area contributed by atoms with E-state index in [4.69, 9.17) is 18.9 Å². The molecule has 19 rings (SSSR count). The third-order valence-corrected chi connectivity index (χ3v) is 20.4. The Kier molecular flexibility index (Phi) is 11.8. The van der Waals surface area contributed by atoms with Crippen molar-refractivity contribution in [3.8, 4) is 68.2 Å². The minimum Gasteiger partial charge on any atom is -0.458 e. The number of hydrogen-bond acceptors (Lipinski definition) is 8. The van der Waals surface area contributed by atoms with Crippen LogP contribution in [-0.2, 0) is 10.8 Å². The van der Waals surface area contributed by atoms with Gasteiger partial charge in [0.25, 0.3) is 13.4 Å². The lowest BCUT2D eigenvalue weighted by Gasteiger charge is -2.38. The fourth-order valence-electron chi connectivity index (χ4n) is 16.0. The van der Waals surface area contributed by atoms with Gasteiger partial charge in [-0.15, -0.1) is 0 Å². The average Bonchev–Trinajstić information content (AvgIpc) is 1.27. The van der Waals surface area contributed by atoms with E-state index >= 15 is 0 Å². The molecule has 4 aliphatic heterocycles. The molecule has 10 heteroatoms. The molecule has 0 bridgehead atoms. The number of rotatable bonds is 10. The molecule has 6 aliphatic rings. The van der Waals surface area contributed by atoms with E-state index in [0.29, 0.717) is 0 Å². The molecule has 2 aliphatic carbocycles. The van der Waals surface area contributed by atoms with Gasteiger partial charge >= 0.3 is 0 Å². The summed E-state index contributed by atoms with van der Waals surface area (Å²) in [5.74, 6) is 6.12. The Hall–Kier alpha value is -11.6. The third kappa shape index (κ3) is 8.21. The van der Waals surface area contributed by atoms with Crippen LogP contribution in [0.4, 0.5) is 56.9 Å². The first kappa shape index (κ1) is 54.2. The fourth-order valence-corrected chi connectivity index (χ4v) is 16.0. The predicted molar refractivity (Wildman–Crippen MR) is 386 cm³/mol. The van der Waals surface area contributed by atoms with Crippen LogP contribution in [0.3, 0.4) is 0 Å². The summed E-state index contributed by atoms with van der Waals surface area (Å²) in [5, 5.41) is 7.38. The van der Waals surface area contributed by atoms with Crippen LogP contribution in [0.15, 0.2) is 279 Å². The molecular formula is C84H60B2N4O4. The van der Waals surface area contributed by atoms with Crippen molar-refractivity contribution in [2.75, 3.05) is 20.4 Å². The second kappa shape index (κ2) is 20.4. The van der Waals surface area contributed by atoms with Gasteiger partial charge in [-0.2, -0.15) is 0 Å². The van der Waals surface area contributed by atoms with Gasteiger partial charge < -0.3 is 39.4 Å². The Balaban J connectivity index is 0.829. The van der Waals surface area contributed by atoms with Crippen LogP contribution < -0.4 is 72.2 Å². The highest BCUT2D eigenvalue weighted by Crippen LogP contribution is 2.57. The summed E-state index contributed by atoms with van der Waals surface area (Å²) in [6, 6.07) is 99.3. The van der Waals surface area contributed by atoms with E-state index in [1.54, 1.807) is 0 Å². The van der Waals surface area contributed by atoms with E-state index in [1.165, 1.54) is 22.3 Å². The number of hydrogen-bond donors (Lipinski definition) is 2. The number of para-hydroxylation sites is 6. The molecule has 0 aromatic heterocycles. The Labute approximate surface area is 547 Å². The molecule has 0 saturated heterocycles. The zero-order chi connectivity index (χ0) is 62.6. The summed E-state index contributed by atoms with van der Waals surface area (Å²) in [7, 11) is 0. The maximum atomic E-state index is 7.64. The Morgan fingerprint density at radius 2 is 0.617 bits per heavy atom. The summed E-state index contributed by atoms with van der Waals surface area (Å²) >= 11 is 0. The van der Waals surface area contributed by atoms with Crippen LogP contribution in [-0.4, -0.2) is 13.4 Å². The first-order valence-electron chi connectivity index (χ1n) is 32.4. The molecule has 4 heterocycles. The first-order valence-corrected chi connectivity index (χ1v) is 32.4. The van der Waals surface area contributed by atoms with Gasteiger partial charge in [-0.05, 0) is 152 Å². The van der Waals surface area contributed by atoms with Crippen LogP contribution in [0.5, 0.6) is 46.0 Å². The maximum Gasteiger partial charge on any atom is 0.260 e.